The van der Waals surface area contributed by atoms with Crippen molar-refractivity contribution in [3.8, 4) is 17.1 Å². The molecular weight excluding hydrogens is 440 g/mol. The van der Waals surface area contributed by atoms with E-state index < -0.39 is 10.0 Å². The van der Waals surface area contributed by atoms with Gasteiger partial charge in [-0.15, -0.1) is 0 Å². The highest BCUT2D eigenvalue weighted by molar-refractivity contribution is 7.89. The van der Waals surface area contributed by atoms with Crippen molar-refractivity contribution >= 4 is 27.5 Å². The fraction of sp³-hybridized carbons (Fsp3) is 0.227. The molecule has 31 heavy (non-hydrogen) atoms. The van der Waals surface area contributed by atoms with Crippen molar-refractivity contribution in [1.82, 2.24) is 9.21 Å². The van der Waals surface area contributed by atoms with Crippen molar-refractivity contribution in [2.45, 2.75) is 4.90 Å². The van der Waals surface area contributed by atoms with Crippen molar-refractivity contribution in [3.05, 3.63) is 71.4 Å². The largest absolute Gasteiger partial charge is 0.497 e. The molecule has 0 bridgehead atoms. The first-order valence-electron chi connectivity index (χ1n) is 9.68. The predicted molar refractivity (Wildman–Crippen MR) is 117 cm³/mol. The Morgan fingerprint density at radius 2 is 1.58 bits per heavy atom. The van der Waals surface area contributed by atoms with Gasteiger partial charge >= 0.3 is 0 Å². The minimum absolute atomic E-state index is 0.201. The normalized spacial score (nSPS) is 15.1. The van der Waals surface area contributed by atoms with Gasteiger partial charge in [-0.3, -0.25) is 4.79 Å². The molecule has 2 heterocycles. The second kappa shape index (κ2) is 8.74. The molecule has 0 radical (unpaired) electrons. The maximum atomic E-state index is 12.9. The van der Waals surface area contributed by atoms with Gasteiger partial charge in [0.1, 0.15) is 11.5 Å². The number of benzene rings is 2. The smallest absolute Gasteiger partial charge is 0.289 e. The van der Waals surface area contributed by atoms with Crippen LogP contribution in [0.2, 0.25) is 5.02 Å². The molecule has 0 N–H and O–H groups in total. The molecule has 0 atom stereocenters. The molecule has 0 spiro atoms. The Balaban J connectivity index is 1.41. The number of sulfonamides is 1. The van der Waals surface area contributed by atoms with Crippen LogP contribution in [0, 0.1) is 0 Å². The highest BCUT2D eigenvalue weighted by atomic mass is 35.5. The molecule has 1 aliphatic rings. The number of hydrogen-bond donors (Lipinski definition) is 0. The van der Waals surface area contributed by atoms with Crippen LogP contribution < -0.4 is 4.74 Å². The lowest BCUT2D eigenvalue weighted by atomic mass is 10.2. The van der Waals surface area contributed by atoms with Gasteiger partial charge in [-0.2, -0.15) is 4.31 Å². The third-order valence-electron chi connectivity index (χ3n) is 5.17. The third-order valence-corrected chi connectivity index (χ3v) is 7.33. The van der Waals surface area contributed by atoms with Crippen molar-refractivity contribution < 1.29 is 22.4 Å². The fourth-order valence-electron chi connectivity index (χ4n) is 3.41. The van der Waals surface area contributed by atoms with Gasteiger partial charge in [0.25, 0.3) is 5.91 Å². The van der Waals surface area contributed by atoms with Crippen LogP contribution in [0.3, 0.4) is 0 Å². The first-order chi connectivity index (χ1) is 14.9. The quantitative estimate of drug-likeness (QED) is 0.579. The molecule has 2 aromatic carbocycles. The number of nitrogens with zero attached hydrogens (tertiary/aromatic N) is 2. The van der Waals surface area contributed by atoms with Crippen LogP contribution in [0.1, 0.15) is 10.6 Å². The third kappa shape index (κ3) is 4.46. The Morgan fingerprint density at radius 1 is 0.935 bits per heavy atom. The Kier molecular flexibility index (Phi) is 6.04. The summed E-state index contributed by atoms with van der Waals surface area (Å²) in [7, 11) is -2.11. The van der Waals surface area contributed by atoms with E-state index in [2.05, 4.69) is 0 Å². The first kappa shape index (κ1) is 21.4. The number of ether oxygens (including phenoxy) is 1. The number of piperazine rings is 1. The van der Waals surface area contributed by atoms with E-state index in [-0.39, 0.29) is 42.7 Å². The van der Waals surface area contributed by atoms with Gasteiger partial charge < -0.3 is 14.1 Å². The van der Waals surface area contributed by atoms with Gasteiger partial charge in [0.15, 0.2) is 5.76 Å². The predicted octanol–water partition coefficient (Wildman–Crippen LogP) is 3.76. The second-order valence-corrected chi connectivity index (χ2v) is 9.42. The standard InChI is InChI=1S/C22H21ClN2O5S/c1-29-18-6-8-19(9-7-18)31(27,28)25-14-12-24(13-15-25)22(26)21-11-10-20(30-21)16-2-4-17(23)5-3-16/h2-11H,12-15H2,1H3. The lowest BCUT2D eigenvalue weighted by Crippen LogP contribution is -2.50. The molecule has 3 aromatic rings. The van der Waals surface area contributed by atoms with Gasteiger partial charge in [-0.25, -0.2) is 8.42 Å². The number of amides is 1. The van der Waals surface area contributed by atoms with Gasteiger partial charge in [-0.05, 0) is 60.7 Å². The summed E-state index contributed by atoms with van der Waals surface area (Å²) < 4.78 is 37.9. The topological polar surface area (TPSA) is 80.1 Å². The number of carbonyl (C=O) groups is 1. The zero-order valence-electron chi connectivity index (χ0n) is 16.8. The monoisotopic (exact) mass is 460 g/mol. The number of carbonyl (C=O) groups excluding carboxylic acids is 1. The summed E-state index contributed by atoms with van der Waals surface area (Å²) in [5.41, 5.74) is 0.818. The van der Waals surface area contributed by atoms with Crippen molar-refractivity contribution in [2.75, 3.05) is 33.3 Å². The summed E-state index contributed by atoms with van der Waals surface area (Å²) in [6.45, 7) is 0.992. The summed E-state index contributed by atoms with van der Waals surface area (Å²) in [5, 5.41) is 0.620. The Hall–Kier alpha value is -2.81. The number of halogens is 1. The Labute approximate surface area is 185 Å². The Morgan fingerprint density at radius 3 is 2.19 bits per heavy atom. The van der Waals surface area contributed by atoms with Crippen molar-refractivity contribution in [1.29, 1.82) is 0 Å². The van der Waals surface area contributed by atoms with Gasteiger partial charge in [0, 0.05) is 36.8 Å². The lowest BCUT2D eigenvalue weighted by Gasteiger charge is -2.33. The molecule has 0 unspecified atom stereocenters. The number of rotatable bonds is 5. The molecular formula is C22H21ClN2O5S. The van der Waals surface area contributed by atoms with Crippen LogP contribution in [0.5, 0.6) is 5.75 Å². The van der Waals surface area contributed by atoms with E-state index in [0.29, 0.717) is 16.5 Å². The van der Waals surface area contributed by atoms with E-state index in [1.165, 1.54) is 23.5 Å². The van der Waals surface area contributed by atoms with Crippen molar-refractivity contribution in [2.24, 2.45) is 0 Å². The molecule has 9 heteroatoms. The summed E-state index contributed by atoms with van der Waals surface area (Å²) in [6, 6.07) is 16.8. The minimum atomic E-state index is -3.63. The average molecular weight is 461 g/mol. The van der Waals surface area contributed by atoms with Crippen molar-refractivity contribution in [3.63, 3.8) is 0 Å². The molecule has 1 fully saturated rings. The highest BCUT2D eigenvalue weighted by Gasteiger charge is 2.31. The number of hydrogen-bond acceptors (Lipinski definition) is 5. The minimum Gasteiger partial charge on any atom is -0.497 e. The fourth-order valence-corrected chi connectivity index (χ4v) is 4.95. The van der Waals surface area contributed by atoms with Crippen LogP contribution in [0.4, 0.5) is 0 Å². The first-order valence-corrected chi connectivity index (χ1v) is 11.5. The molecule has 0 aliphatic carbocycles. The second-order valence-electron chi connectivity index (χ2n) is 7.04. The summed E-state index contributed by atoms with van der Waals surface area (Å²) >= 11 is 5.91. The summed E-state index contributed by atoms with van der Waals surface area (Å²) in [5.74, 6) is 1.12. The van der Waals surface area contributed by atoms with E-state index in [0.717, 1.165) is 5.56 Å². The lowest BCUT2D eigenvalue weighted by molar-refractivity contribution is 0.0667. The molecule has 4 rings (SSSR count). The van der Waals surface area contributed by atoms with E-state index in [9.17, 15) is 13.2 Å². The maximum absolute atomic E-state index is 12.9. The molecule has 1 aromatic heterocycles. The molecule has 1 amide bonds. The van der Waals surface area contributed by atoms with Crippen LogP contribution in [-0.2, 0) is 10.0 Å². The van der Waals surface area contributed by atoms with Crippen LogP contribution in [0.15, 0.2) is 70.0 Å². The van der Waals surface area contributed by atoms with Gasteiger partial charge in [0.2, 0.25) is 10.0 Å². The van der Waals surface area contributed by atoms with E-state index in [1.54, 1.807) is 41.3 Å². The molecule has 162 valence electrons. The zero-order chi connectivity index (χ0) is 22.0. The number of furan rings is 1. The van der Waals surface area contributed by atoms with E-state index in [4.69, 9.17) is 20.8 Å². The van der Waals surface area contributed by atoms with Gasteiger partial charge in [0.05, 0.1) is 12.0 Å². The molecule has 7 nitrogen and oxygen atoms in total. The maximum Gasteiger partial charge on any atom is 0.289 e. The van der Waals surface area contributed by atoms with E-state index >= 15 is 0 Å². The van der Waals surface area contributed by atoms with E-state index in [1.807, 2.05) is 12.1 Å². The van der Waals surface area contributed by atoms with Crippen LogP contribution >= 0.6 is 11.6 Å². The molecule has 1 aliphatic heterocycles. The van der Waals surface area contributed by atoms with Crippen LogP contribution in [-0.4, -0.2) is 56.8 Å². The Bertz CT molecular complexity index is 1170. The summed E-state index contributed by atoms with van der Waals surface area (Å²) in [4.78, 5) is 14.6. The zero-order valence-corrected chi connectivity index (χ0v) is 18.4. The summed E-state index contributed by atoms with van der Waals surface area (Å²) in [6.07, 6.45) is 0. The van der Waals surface area contributed by atoms with Gasteiger partial charge in [-0.1, -0.05) is 11.6 Å². The molecule has 1 saturated heterocycles. The highest BCUT2D eigenvalue weighted by Crippen LogP contribution is 2.25. The number of methoxy groups -OCH3 is 1. The molecule has 0 saturated carbocycles. The van der Waals surface area contributed by atoms with Crippen LogP contribution in [0.25, 0.3) is 11.3 Å². The SMILES string of the molecule is COc1ccc(S(=O)(=O)N2CCN(C(=O)c3ccc(-c4ccc(Cl)cc4)o3)CC2)cc1. The average Bonchev–Trinajstić information content (AvgIpc) is 3.29.